The van der Waals surface area contributed by atoms with Crippen LogP contribution in [0.1, 0.15) is 30.5 Å². The van der Waals surface area contributed by atoms with E-state index in [0.717, 1.165) is 5.56 Å². The first-order valence-electron chi connectivity index (χ1n) is 5.94. The number of carboxylic acid groups (broad SMARTS) is 1. The predicted octanol–water partition coefficient (Wildman–Crippen LogP) is 2.50. The second kappa shape index (κ2) is 5.82. The Balaban J connectivity index is 2.69. The van der Waals surface area contributed by atoms with Gasteiger partial charge in [0.1, 0.15) is 6.04 Å². The standard InChI is InChI=1S/C14H21NO2/c1-9(2)13(14(16)17)15-8-12-6-5-10(3)7-11(12)4/h5-7,9,13,15H,8H2,1-4H3,(H,16,17)/t13-/m0/s1. The normalized spacial score (nSPS) is 12.8. The largest absolute Gasteiger partial charge is 0.480 e. The molecule has 0 aromatic heterocycles. The summed E-state index contributed by atoms with van der Waals surface area (Å²) < 4.78 is 0. The Morgan fingerprint density at radius 1 is 1.35 bits per heavy atom. The lowest BCUT2D eigenvalue weighted by molar-refractivity contribution is -0.140. The molecule has 0 amide bonds. The number of aliphatic carboxylic acids is 1. The fourth-order valence-corrected chi connectivity index (χ4v) is 1.87. The topological polar surface area (TPSA) is 49.3 Å². The van der Waals surface area contributed by atoms with Gasteiger partial charge in [-0.25, -0.2) is 0 Å². The predicted molar refractivity (Wildman–Crippen MR) is 69.0 cm³/mol. The van der Waals surface area contributed by atoms with Gasteiger partial charge in [0.2, 0.25) is 0 Å². The van der Waals surface area contributed by atoms with Crippen molar-refractivity contribution in [1.82, 2.24) is 5.32 Å². The fraction of sp³-hybridized carbons (Fsp3) is 0.500. The summed E-state index contributed by atoms with van der Waals surface area (Å²) in [5.41, 5.74) is 3.58. The first-order valence-corrected chi connectivity index (χ1v) is 5.94. The van der Waals surface area contributed by atoms with Crippen LogP contribution in [0.15, 0.2) is 18.2 Å². The number of hydrogen-bond donors (Lipinski definition) is 2. The number of nitrogens with one attached hydrogen (secondary N) is 1. The van der Waals surface area contributed by atoms with Gasteiger partial charge in [-0.05, 0) is 30.9 Å². The number of carbonyl (C=O) groups is 1. The van der Waals surface area contributed by atoms with E-state index >= 15 is 0 Å². The molecule has 1 aromatic rings. The van der Waals surface area contributed by atoms with Gasteiger partial charge in [0, 0.05) is 6.54 Å². The zero-order valence-corrected chi connectivity index (χ0v) is 10.9. The Morgan fingerprint density at radius 3 is 2.47 bits per heavy atom. The van der Waals surface area contributed by atoms with E-state index < -0.39 is 12.0 Å². The van der Waals surface area contributed by atoms with Crippen molar-refractivity contribution in [1.29, 1.82) is 0 Å². The minimum absolute atomic E-state index is 0.0817. The molecular weight excluding hydrogens is 214 g/mol. The van der Waals surface area contributed by atoms with Crippen LogP contribution in [0.3, 0.4) is 0 Å². The smallest absolute Gasteiger partial charge is 0.320 e. The minimum Gasteiger partial charge on any atom is -0.480 e. The van der Waals surface area contributed by atoms with Crippen LogP contribution in [0.25, 0.3) is 0 Å². The Kier molecular flexibility index (Phi) is 4.70. The Morgan fingerprint density at radius 2 is 2.00 bits per heavy atom. The van der Waals surface area contributed by atoms with Crippen molar-refractivity contribution in [3.63, 3.8) is 0 Å². The first-order chi connectivity index (χ1) is 7.91. The van der Waals surface area contributed by atoms with E-state index in [1.165, 1.54) is 11.1 Å². The van der Waals surface area contributed by atoms with Crippen LogP contribution in [0.5, 0.6) is 0 Å². The zero-order valence-electron chi connectivity index (χ0n) is 10.9. The molecule has 0 heterocycles. The average Bonchev–Trinajstić information content (AvgIpc) is 2.20. The van der Waals surface area contributed by atoms with Crippen LogP contribution in [0.4, 0.5) is 0 Å². The molecule has 17 heavy (non-hydrogen) atoms. The van der Waals surface area contributed by atoms with Crippen molar-refractivity contribution >= 4 is 5.97 Å². The van der Waals surface area contributed by atoms with Crippen LogP contribution < -0.4 is 5.32 Å². The molecule has 1 aromatic carbocycles. The quantitative estimate of drug-likeness (QED) is 0.824. The molecule has 0 fully saturated rings. The molecule has 0 saturated heterocycles. The summed E-state index contributed by atoms with van der Waals surface area (Å²) in [5, 5.41) is 12.2. The van der Waals surface area contributed by atoms with E-state index in [1.54, 1.807) is 0 Å². The Hall–Kier alpha value is -1.35. The highest BCUT2D eigenvalue weighted by Crippen LogP contribution is 2.11. The molecule has 2 N–H and O–H groups in total. The van der Waals surface area contributed by atoms with E-state index in [4.69, 9.17) is 5.11 Å². The van der Waals surface area contributed by atoms with E-state index in [9.17, 15) is 4.79 Å². The minimum atomic E-state index is -0.787. The summed E-state index contributed by atoms with van der Waals surface area (Å²) in [6.07, 6.45) is 0. The number of rotatable bonds is 5. The van der Waals surface area contributed by atoms with Crippen LogP contribution in [-0.2, 0) is 11.3 Å². The molecule has 0 radical (unpaired) electrons. The lowest BCUT2D eigenvalue weighted by Crippen LogP contribution is -2.40. The summed E-state index contributed by atoms with van der Waals surface area (Å²) in [4.78, 5) is 11.0. The summed E-state index contributed by atoms with van der Waals surface area (Å²) >= 11 is 0. The lowest BCUT2D eigenvalue weighted by Gasteiger charge is -2.18. The SMILES string of the molecule is Cc1ccc(CN[C@H](C(=O)O)C(C)C)c(C)c1. The Labute approximate surface area is 103 Å². The highest BCUT2D eigenvalue weighted by Gasteiger charge is 2.20. The zero-order chi connectivity index (χ0) is 13.0. The summed E-state index contributed by atoms with van der Waals surface area (Å²) in [7, 11) is 0. The molecule has 0 aliphatic heterocycles. The molecule has 0 unspecified atom stereocenters. The second-order valence-electron chi connectivity index (χ2n) is 4.87. The molecule has 0 aliphatic carbocycles. The van der Waals surface area contributed by atoms with Crippen LogP contribution >= 0.6 is 0 Å². The van der Waals surface area contributed by atoms with Gasteiger partial charge in [-0.2, -0.15) is 0 Å². The highest BCUT2D eigenvalue weighted by atomic mass is 16.4. The van der Waals surface area contributed by atoms with Crippen molar-refractivity contribution < 1.29 is 9.90 Å². The monoisotopic (exact) mass is 235 g/mol. The molecule has 0 aliphatic rings. The molecule has 3 heteroatoms. The molecule has 1 atom stereocenters. The maximum Gasteiger partial charge on any atom is 0.320 e. The van der Waals surface area contributed by atoms with Gasteiger partial charge in [-0.15, -0.1) is 0 Å². The van der Waals surface area contributed by atoms with E-state index in [0.29, 0.717) is 6.54 Å². The van der Waals surface area contributed by atoms with E-state index in [1.807, 2.05) is 13.8 Å². The fourth-order valence-electron chi connectivity index (χ4n) is 1.87. The van der Waals surface area contributed by atoms with Crippen LogP contribution in [-0.4, -0.2) is 17.1 Å². The van der Waals surface area contributed by atoms with Gasteiger partial charge < -0.3 is 10.4 Å². The second-order valence-corrected chi connectivity index (χ2v) is 4.87. The summed E-state index contributed by atoms with van der Waals surface area (Å²) in [5.74, 6) is -0.706. The van der Waals surface area contributed by atoms with Crippen molar-refractivity contribution in [2.24, 2.45) is 5.92 Å². The molecule has 0 saturated carbocycles. The number of hydrogen-bond acceptors (Lipinski definition) is 2. The Bertz CT molecular complexity index is 399. The van der Waals surface area contributed by atoms with Gasteiger partial charge >= 0.3 is 5.97 Å². The van der Waals surface area contributed by atoms with Gasteiger partial charge in [-0.3, -0.25) is 4.79 Å². The van der Waals surface area contributed by atoms with Gasteiger partial charge in [-0.1, -0.05) is 37.6 Å². The third-order valence-electron chi connectivity index (χ3n) is 2.94. The molecule has 0 bridgehead atoms. The lowest BCUT2D eigenvalue weighted by atomic mass is 10.0. The van der Waals surface area contributed by atoms with E-state index in [-0.39, 0.29) is 5.92 Å². The average molecular weight is 235 g/mol. The molecule has 3 nitrogen and oxygen atoms in total. The number of carboxylic acids is 1. The summed E-state index contributed by atoms with van der Waals surface area (Å²) in [6.45, 7) is 8.52. The van der Waals surface area contributed by atoms with Crippen molar-refractivity contribution in [3.05, 3.63) is 34.9 Å². The van der Waals surface area contributed by atoms with Crippen LogP contribution in [0, 0.1) is 19.8 Å². The maximum absolute atomic E-state index is 11.0. The first kappa shape index (κ1) is 13.7. The van der Waals surface area contributed by atoms with Crippen molar-refractivity contribution in [3.8, 4) is 0 Å². The van der Waals surface area contributed by atoms with Gasteiger partial charge in [0.25, 0.3) is 0 Å². The highest BCUT2D eigenvalue weighted by molar-refractivity contribution is 5.73. The number of benzene rings is 1. The van der Waals surface area contributed by atoms with E-state index in [2.05, 4.69) is 37.4 Å². The molecule has 1 rings (SSSR count). The molecular formula is C14H21NO2. The molecule has 0 spiro atoms. The van der Waals surface area contributed by atoms with Crippen LogP contribution in [0.2, 0.25) is 0 Å². The number of aryl methyl sites for hydroxylation is 2. The van der Waals surface area contributed by atoms with Crippen molar-refractivity contribution in [2.75, 3.05) is 0 Å². The third-order valence-corrected chi connectivity index (χ3v) is 2.94. The molecule has 94 valence electrons. The maximum atomic E-state index is 11.0. The van der Waals surface area contributed by atoms with Gasteiger partial charge in [0.05, 0.1) is 0 Å². The van der Waals surface area contributed by atoms with Crippen molar-refractivity contribution in [2.45, 2.75) is 40.3 Å². The van der Waals surface area contributed by atoms with Gasteiger partial charge in [0.15, 0.2) is 0 Å². The third kappa shape index (κ3) is 3.86. The summed E-state index contributed by atoms with van der Waals surface area (Å²) in [6, 6.07) is 5.73.